The molecule has 2 aromatic carbocycles. The molecule has 0 fully saturated rings. The smallest absolute Gasteiger partial charge is 0.231 e. The summed E-state index contributed by atoms with van der Waals surface area (Å²) >= 11 is 3.37. The lowest BCUT2D eigenvalue weighted by atomic mass is 10.2. The molecule has 0 saturated heterocycles. The van der Waals surface area contributed by atoms with Gasteiger partial charge in [0.25, 0.3) is 0 Å². The molecule has 0 bridgehead atoms. The Morgan fingerprint density at radius 3 is 2.85 bits per heavy atom. The molecule has 1 aliphatic heterocycles. The van der Waals surface area contributed by atoms with Crippen LogP contribution in [0.2, 0.25) is 0 Å². The highest BCUT2D eigenvalue weighted by molar-refractivity contribution is 9.10. The Hall–Kier alpha value is -2.19. The minimum atomic E-state index is 0.254. The summed E-state index contributed by atoms with van der Waals surface area (Å²) in [5.74, 6) is 2.02. The number of benzene rings is 2. The van der Waals surface area contributed by atoms with Crippen molar-refractivity contribution < 1.29 is 14.2 Å². The van der Waals surface area contributed by atoms with Gasteiger partial charge in [0.15, 0.2) is 11.5 Å². The van der Waals surface area contributed by atoms with Gasteiger partial charge in [-0.1, -0.05) is 22.0 Å². The summed E-state index contributed by atoms with van der Waals surface area (Å²) in [6.45, 7) is 0.617. The molecule has 2 aromatic rings. The highest BCUT2D eigenvalue weighted by Crippen LogP contribution is 2.33. The normalized spacial score (nSPS) is 12.0. The first-order valence-corrected chi connectivity index (χ1v) is 6.76. The van der Waals surface area contributed by atoms with Crippen LogP contribution < -0.4 is 14.2 Å². The van der Waals surface area contributed by atoms with E-state index < -0.39 is 0 Å². The van der Waals surface area contributed by atoms with Crippen molar-refractivity contribution in [1.82, 2.24) is 0 Å². The molecule has 0 N–H and O–H groups in total. The number of nitrogens with zero attached hydrogens (tertiary/aromatic N) is 1. The number of nitriles is 1. The Morgan fingerprint density at radius 2 is 2.00 bits per heavy atom. The van der Waals surface area contributed by atoms with Crippen LogP contribution in [0.4, 0.5) is 0 Å². The average molecular weight is 332 g/mol. The number of hydrogen-bond acceptors (Lipinski definition) is 4. The van der Waals surface area contributed by atoms with Crippen LogP contribution in [-0.4, -0.2) is 6.79 Å². The van der Waals surface area contributed by atoms with Gasteiger partial charge in [-0.25, -0.2) is 0 Å². The van der Waals surface area contributed by atoms with Crippen LogP contribution in [0.25, 0.3) is 0 Å². The molecule has 100 valence electrons. The Balaban J connectivity index is 1.77. The fourth-order valence-corrected chi connectivity index (χ4v) is 2.24. The van der Waals surface area contributed by atoms with Crippen LogP contribution in [-0.2, 0) is 6.61 Å². The summed E-state index contributed by atoms with van der Waals surface area (Å²) in [5.41, 5.74) is 1.46. The van der Waals surface area contributed by atoms with Gasteiger partial charge in [-0.05, 0) is 35.9 Å². The zero-order valence-electron chi connectivity index (χ0n) is 10.4. The van der Waals surface area contributed by atoms with Gasteiger partial charge in [-0.3, -0.25) is 0 Å². The maximum Gasteiger partial charge on any atom is 0.231 e. The van der Waals surface area contributed by atoms with Crippen LogP contribution in [0.1, 0.15) is 11.1 Å². The summed E-state index contributed by atoms with van der Waals surface area (Å²) in [6, 6.07) is 13.1. The zero-order chi connectivity index (χ0) is 13.9. The van der Waals surface area contributed by atoms with Crippen LogP contribution in [0.15, 0.2) is 40.9 Å². The molecule has 0 spiro atoms. The largest absolute Gasteiger partial charge is 0.487 e. The predicted molar refractivity (Wildman–Crippen MR) is 75.8 cm³/mol. The minimum absolute atomic E-state index is 0.254. The molecule has 1 heterocycles. The van der Waals surface area contributed by atoms with Gasteiger partial charge in [-0.2, -0.15) is 5.26 Å². The third kappa shape index (κ3) is 2.56. The second-order valence-corrected chi connectivity index (χ2v) is 5.14. The maximum atomic E-state index is 9.05. The van der Waals surface area contributed by atoms with Gasteiger partial charge in [0, 0.05) is 4.47 Å². The summed E-state index contributed by atoms with van der Waals surface area (Å²) < 4.78 is 17.2. The van der Waals surface area contributed by atoms with Crippen molar-refractivity contribution in [2.24, 2.45) is 0 Å². The zero-order valence-corrected chi connectivity index (χ0v) is 12.0. The molecular weight excluding hydrogens is 322 g/mol. The molecular formula is C15H10BrNO3. The van der Waals surface area contributed by atoms with Gasteiger partial charge >= 0.3 is 0 Å². The molecule has 3 rings (SSSR count). The number of hydrogen-bond donors (Lipinski definition) is 0. The van der Waals surface area contributed by atoms with Gasteiger partial charge in [0.05, 0.1) is 5.56 Å². The standard InChI is InChI=1S/C15H10BrNO3/c16-12-3-2-11(7-17)14(6-12)18-8-10-1-4-13-15(5-10)20-9-19-13/h1-6H,8-9H2. The number of fused-ring (bicyclic) bond motifs is 1. The summed E-state index contributed by atoms with van der Waals surface area (Å²) in [5, 5.41) is 9.05. The van der Waals surface area contributed by atoms with Crippen molar-refractivity contribution in [3.05, 3.63) is 52.0 Å². The highest BCUT2D eigenvalue weighted by Gasteiger charge is 2.13. The Kier molecular flexibility index (Phi) is 3.48. The Morgan fingerprint density at radius 1 is 1.15 bits per heavy atom. The predicted octanol–water partition coefficient (Wildman–Crippen LogP) is 3.63. The third-order valence-corrected chi connectivity index (χ3v) is 3.39. The molecule has 4 nitrogen and oxygen atoms in total. The summed E-state index contributed by atoms with van der Waals surface area (Å²) in [6.07, 6.45) is 0. The van der Waals surface area contributed by atoms with Gasteiger partial charge in [0.2, 0.25) is 6.79 Å². The van der Waals surface area contributed by atoms with Crippen molar-refractivity contribution in [1.29, 1.82) is 5.26 Å². The molecule has 0 saturated carbocycles. The van der Waals surface area contributed by atoms with Crippen molar-refractivity contribution in [2.75, 3.05) is 6.79 Å². The van der Waals surface area contributed by atoms with E-state index in [0.717, 1.165) is 21.5 Å². The lowest BCUT2D eigenvalue weighted by Crippen LogP contribution is -1.97. The summed E-state index contributed by atoms with van der Waals surface area (Å²) in [4.78, 5) is 0. The van der Waals surface area contributed by atoms with Crippen molar-refractivity contribution in [3.63, 3.8) is 0 Å². The van der Waals surface area contributed by atoms with Gasteiger partial charge < -0.3 is 14.2 Å². The molecule has 0 atom stereocenters. The fourth-order valence-electron chi connectivity index (χ4n) is 1.90. The number of rotatable bonds is 3. The minimum Gasteiger partial charge on any atom is -0.487 e. The SMILES string of the molecule is N#Cc1ccc(Br)cc1OCc1ccc2c(c1)OCO2. The molecule has 0 radical (unpaired) electrons. The lowest BCUT2D eigenvalue weighted by Gasteiger charge is -2.09. The van der Waals surface area contributed by atoms with Crippen molar-refractivity contribution in [3.8, 4) is 23.3 Å². The average Bonchev–Trinajstić information content (AvgIpc) is 2.92. The number of ether oxygens (including phenoxy) is 3. The van der Waals surface area contributed by atoms with E-state index in [1.54, 1.807) is 12.1 Å². The van der Waals surface area contributed by atoms with E-state index in [4.69, 9.17) is 19.5 Å². The highest BCUT2D eigenvalue weighted by atomic mass is 79.9. The molecule has 0 amide bonds. The monoisotopic (exact) mass is 331 g/mol. The molecule has 0 unspecified atom stereocenters. The van der Waals surface area contributed by atoms with Crippen molar-refractivity contribution in [2.45, 2.75) is 6.61 Å². The van der Waals surface area contributed by atoms with Crippen LogP contribution in [0, 0.1) is 11.3 Å². The quantitative estimate of drug-likeness (QED) is 0.861. The Labute approximate surface area is 124 Å². The fraction of sp³-hybridized carbons (Fsp3) is 0.133. The van der Waals surface area contributed by atoms with Crippen molar-refractivity contribution >= 4 is 15.9 Å². The molecule has 20 heavy (non-hydrogen) atoms. The van der Waals surface area contributed by atoms with E-state index in [9.17, 15) is 0 Å². The molecule has 0 aromatic heterocycles. The molecule has 0 aliphatic carbocycles. The van der Waals surface area contributed by atoms with Crippen LogP contribution >= 0.6 is 15.9 Å². The van der Waals surface area contributed by atoms with E-state index in [-0.39, 0.29) is 6.79 Å². The molecule has 1 aliphatic rings. The van der Waals surface area contributed by atoms with Gasteiger partial charge in [0.1, 0.15) is 18.4 Å². The number of halogens is 1. The van der Waals surface area contributed by atoms with Gasteiger partial charge in [-0.15, -0.1) is 0 Å². The first kappa shape index (κ1) is 12.8. The first-order valence-electron chi connectivity index (χ1n) is 5.97. The first-order chi connectivity index (χ1) is 9.76. The van der Waals surface area contributed by atoms with E-state index in [1.165, 1.54) is 0 Å². The van der Waals surface area contributed by atoms with E-state index in [0.29, 0.717) is 17.9 Å². The second kappa shape index (κ2) is 5.43. The van der Waals surface area contributed by atoms with E-state index >= 15 is 0 Å². The topological polar surface area (TPSA) is 51.5 Å². The van der Waals surface area contributed by atoms with Crippen LogP contribution in [0.5, 0.6) is 17.2 Å². The Bertz CT molecular complexity index is 694. The van der Waals surface area contributed by atoms with E-state index in [1.807, 2.05) is 24.3 Å². The lowest BCUT2D eigenvalue weighted by molar-refractivity contribution is 0.174. The summed E-state index contributed by atoms with van der Waals surface area (Å²) in [7, 11) is 0. The third-order valence-electron chi connectivity index (χ3n) is 2.90. The van der Waals surface area contributed by atoms with E-state index in [2.05, 4.69) is 22.0 Å². The second-order valence-electron chi connectivity index (χ2n) is 4.23. The van der Waals surface area contributed by atoms with Crippen LogP contribution in [0.3, 0.4) is 0 Å². The molecule has 5 heteroatoms. The maximum absolute atomic E-state index is 9.05.